The van der Waals surface area contributed by atoms with Gasteiger partial charge in [-0.05, 0) is 45.4 Å². The van der Waals surface area contributed by atoms with Crippen molar-refractivity contribution in [2.24, 2.45) is 10.9 Å². The van der Waals surface area contributed by atoms with Crippen LogP contribution in [0.3, 0.4) is 0 Å². The topological polar surface area (TPSA) is 111 Å². The molecule has 3 aliphatic rings. The number of Topliss-reactive ketones (excluding diaryl/α,β-unsaturated/α-hetero) is 1. The highest BCUT2D eigenvalue weighted by atomic mass is 35.5. The van der Waals surface area contributed by atoms with Crippen LogP contribution in [0.15, 0.2) is 17.4 Å². The van der Waals surface area contributed by atoms with Crippen molar-refractivity contribution in [3.63, 3.8) is 0 Å². The maximum Gasteiger partial charge on any atom is 0.322 e. The smallest absolute Gasteiger partial charge is 0.322 e. The molecule has 11 heteroatoms. The quantitative estimate of drug-likeness (QED) is 0.412. The first-order valence-corrected chi connectivity index (χ1v) is 12.3. The maximum absolute atomic E-state index is 12.5. The molecule has 33 heavy (non-hydrogen) atoms. The van der Waals surface area contributed by atoms with Gasteiger partial charge in [0.05, 0.1) is 12.9 Å². The highest BCUT2D eigenvalue weighted by Crippen LogP contribution is 2.48. The number of aliphatic hydroxyl groups is 1. The van der Waals surface area contributed by atoms with Crippen LogP contribution in [0.2, 0.25) is 0 Å². The number of carboxylic acids is 1. The number of likely N-dealkylation sites (tertiary alicyclic amines) is 1. The Morgan fingerprint density at radius 2 is 2.09 bits per heavy atom. The number of aliphatic hydroxyl groups excluding tert-OH is 1. The number of hydrogen-bond donors (Lipinski definition) is 2. The van der Waals surface area contributed by atoms with Gasteiger partial charge in [-0.3, -0.25) is 14.5 Å². The van der Waals surface area contributed by atoms with Crippen LogP contribution < -0.4 is 0 Å². The molecule has 3 fully saturated rings. The number of aliphatic carboxylic acids is 1. The van der Waals surface area contributed by atoms with Gasteiger partial charge in [0.15, 0.2) is 11.4 Å². The molecular formula is C22H34ClN5O4S. The summed E-state index contributed by atoms with van der Waals surface area (Å²) in [6.45, 7) is 6.64. The summed E-state index contributed by atoms with van der Waals surface area (Å²) in [5, 5.41) is 19.1. The van der Waals surface area contributed by atoms with Gasteiger partial charge >= 0.3 is 5.97 Å². The van der Waals surface area contributed by atoms with E-state index in [1.807, 2.05) is 24.6 Å². The number of nitrogens with zero attached hydrogens (tertiary/aromatic N) is 5. The summed E-state index contributed by atoms with van der Waals surface area (Å²) in [7, 11) is 0. The Morgan fingerprint density at radius 3 is 2.73 bits per heavy atom. The predicted octanol–water partition coefficient (Wildman–Crippen LogP) is 1.88. The van der Waals surface area contributed by atoms with E-state index in [4.69, 9.17) is 0 Å². The first kappa shape index (κ1) is 26.0. The number of carbonyl (C=O) groups is 2. The third-order valence-electron chi connectivity index (χ3n) is 7.12. The molecule has 0 aliphatic carbocycles. The Morgan fingerprint density at radius 1 is 1.36 bits per heavy atom. The number of aryl methyl sites for hydroxylation is 1. The van der Waals surface area contributed by atoms with E-state index in [9.17, 15) is 19.8 Å². The van der Waals surface area contributed by atoms with E-state index in [0.29, 0.717) is 17.5 Å². The van der Waals surface area contributed by atoms with Gasteiger partial charge in [0.1, 0.15) is 18.5 Å². The molecule has 2 N–H and O–H groups in total. The molecule has 4 heterocycles. The van der Waals surface area contributed by atoms with E-state index in [2.05, 4.69) is 14.9 Å². The molecule has 0 radical (unpaired) electrons. The molecule has 1 unspecified atom stereocenters. The fourth-order valence-corrected chi connectivity index (χ4v) is 6.44. The summed E-state index contributed by atoms with van der Waals surface area (Å²) in [5.74, 6) is 0.990. The minimum atomic E-state index is -1.02. The SMILES string of the molecule is CC1(C)SCC2(N=CN3CCC(CCCn4ccnc4CO)CC3)C(=O)CN2[C@H]1C(=O)O.Cl. The van der Waals surface area contributed by atoms with E-state index >= 15 is 0 Å². The Hall–Kier alpha value is -1.62. The number of ketones is 1. The molecule has 0 amide bonds. The van der Waals surface area contributed by atoms with Gasteiger partial charge in [0.25, 0.3) is 0 Å². The van der Waals surface area contributed by atoms with Crippen LogP contribution in [0, 0.1) is 5.92 Å². The number of thioether (sulfide) groups is 1. The monoisotopic (exact) mass is 499 g/mol. The molecule has 2 atom stereocenters. The summed E-state index contributed by atoms with van der Waals surface area (Å²) in [5.41, 5.74) is -1.02. The van der Waals surface area contributed by atoms with Crippen molar-refractivity contribution in [1.82, 2.24) is 19.4 Å². The van der Waals surface area contributed by atoms with Gasteiger partial charge in [-0.15, -0.1) is 24.2 Å². The molecule has 184 valence electrons. The van der Waals surface area contributed by atoms with Crippen molar-refractivity contribution in [3.05, 3.63) is 18.2 Å². The summed E-state index contributed by atoms with van der Waals surface area (Å²) in [6.07, 6.45) is 9.77. The molecule has 3 aliphatic heterocycles. The minimum absolute atomic E-state index is 0. The van der Waals surface area contributed by atoms with Crippen LogP contribution in [0.4, 0.5) is 0 Å². The molecular weight excluding hydrogens is 466 g/mol. The molecule has 1 aromatic rings. The molecule has 0 aromatic carbocycles. The lowest BCUT2D eigenvalue weighted by Gasteiger charge is -2.58. The van der Waals surface area contributed by atoms with Gasteiger partial charge in [-0.1, -0.05) is 0 Å². The Balaban J connectivity index is 0.00000306. The fourth-order valence-electron chi connectivity index (χ4n) is 5.08. The second-order valence-corrected chi connectivity index (χ2v) is 11.2. The van der Waals surface area contributed by atoms with Crippen molar-refractivity contribution in [2.45, 2.75) is 69.1 Å². The third kappa shape index (κ3) is 5.08. The van der Waals surface area contributed by atoms with E-state index < -0.39 is 22.4 Å². The molecule has 9 nitrogen and oxygen atoms in total. The van der Waals surface area contributed by atoms with Crippen LogP contribution in [-0.2, 0) is 22.7 Å². The van der Waals surface area contributed by atoms with E-state index in [-0.39, 0.29) is 31.3 Å². The van der Waals surface area contributed by atoms with Crippen molar-refractivity contribution >= 4 is 42.3 Å². The van der Waals surface area contributed by atoms with Crippen LogP contribution in [-0.4, -0.2) is 89.5 Å². The molecule has 0 spiro atoms. The van der Waals surface area contributed by atoms with Crippen LogP contribution >= 0.6 is 24.2 Å². The Labute approximate surface area is 205 Å². The zero-order chi connectivity index (χ0) is 22.9. The average Bonchev–Trinajstić information content (AvgIpc) is 3.21. The number of piperidine rings is 1. The third-order valence-corrected chi connectivity index (χ3v) is 8.64. The first-order valence-electron chi connectivity index (χ1n) is 11.3. The number of fused-ring (bicyclic) bond motifs is 1. The van der Waals surface area contributed by atoms with Gasteiger partial charge in [-0.2, -0.15) is 0 Å². The van der Waals surface area contributed by atoms with Gasteiger partial charge in [0.2, 0.25) is 0 Å². The highest BCUT2D eigenvalue weighted by molar-refractivity contribution is 8.00. The fraction of sp³-hybridized carbons (Fsp3) is 0.727. The van der Waals surface area contributed by atoms with E-state index in [0.717, 1.165) is 45.3 Å². The number of carboxylic acid groups (broad SMARTS) is 1. The van der Waals surface area contributed by atoms with Crippen molar-refractivity contribution in [2.75, 3.05) is 25.4 Å². The van der Waals surface area contributed by atoms with Crippen LogP contribution in [0.5, 0.6) is 0 Å². The number of aliphatic imine (C=N–C) groups is 1. The van der Waals surface area contributed by atoms with Crippen molar-refractivity contribution in [1.29, 1.82) is 0 Å². The van der Waals surface area contributed by atoms with Gasteiger partial charge in [0, 0.05) is 42.5 Å². The summed E-state index contributed by atoms with van der Waals surface area (Å²) >= 11 is 1.52. The summed E-state index contributed by atoms with van der Waals surface area (Å²) in [6, 6.07) is -0.719. The van der Waals surface area contributed by atoms with Crippen LogP contribution in [0.25, 0.3) is 0 Å². The number of carbonyl (C=O) groups excluding carboxylic acids is 1. The maximum atomic E-state index is 12.5. The highest BCUT2D eigenvalue weighted by Gasteiger charge is 2.64. The standard InChI is InChI=1S/C22H33N5O4S.ClH/c1-21(2)19(20(30)31)27-12-17(29)22(27,14-32-21)24-15-25-9-5-16(6-10-25)4-3-8-26-11-7-23-18(26)13-28;/h7,11,15-16,19,28H,3-6,8-10,12-14H2,1-2H3,(H,30,31);1H/t19-,22?;/m0./s1. The van der Waals surface area contributed by atoms with Gasteiger partial charge in [-0.25, -0.2) is 9.98 Å². The van der Waals surface area contributed by atoms with Crippen molar-refractivity contribution in [3.8, 4) is 0 Å². The first-order chi connectivity index (χ1) is 15.3. The second-order valence-electron chi connectivity index (χ2n) is 9.56. The predicted molar refractivity (Wildman–Crippen MR) is 130 cm³/mol. The molecule has 0 bridgehead atoms. The molecule has 3 saturated heterocycles. The minimum Gasteiger partial charge on any atom is -0.480 e. The van der Waals surface area contributed by atoms with Gasteiger partial charge < -0.3 is 19.7 Å². The Kier molecular flexibility index (Phi) is 8.14. The van der Waals surface area contributed by atoms with Crippen molar-refractivity contribution < 1.29 is 19.8 Å². The largest absolute Gasteiger partial charge is 0.480 e. The van der Waals surface area contributed by atoms with E-state index in [1.54, 1.807) is 17.4 Å². The van der Waals surface area contributed by atoms with Crippen LogP contribution in [0.1, 0.15) is 45.4 Å². The van der Waals surface area contributed by atoms with E-state index in [1.165, 1.54) is 11.8 Å². The molecule has 1 aromatic heterocycles. The Bertz CT molecular complexity index is 886. The number of rotatable bonds is 8. The summed E-state index contributed by atoms with van der Waals surface area (Å²) < 4.78 is 1.55. The normalized spacial score (nSPS) is 27.8. The lowest BCUT2D eigenvalue weighted by atomic mass is 9.87. The number of aromatic nitrogens is 2. The second kappa shape index (κ2) is 10.3. The summed E-state index contributed by atoms with van der Waals surface area (Å²) in [4.78, 5) is 37.2. The lowest BCUT2D eigenvalue weighted by molar-refractivity contribution is -0.163. The lowest BCUT2D eigenvalue weighted by Crippen LogP contribution is -2.78. The molecule has 4 rings (SSSR count). The zero-order valence-corrected chi connectivity index (χ0v) is 20.9. The average molecular weight is 500 g/mol. The zero-order valence-electron chi connectivity index (χ0n) is 19.2. The number of hydrogen-bond acceptors (Lipinski definition) is 7. The molecule has 0 saturated carbocycles. The number of imidazole rings is 1. The number of halogens is 1.